The van der Waals surface area contributed by atoms with Crippen LogP contribution in [0.25, 0.3) is 5.69 Å². The van der Waals surface area contributed by atoms with Crippen LogP contribution in [0.4, 0.5) is 5.69 Å². The van der Waals surface area contributed by atoms with E-state index >= 15 is 0 Å². The first-order valence-corrected chi connectivity index (χ1v) is 7.47. The Bertz CT molecular complexity index is 978. The van der Waals surface area contributed by atoms with Gasteiger partial charge in [-0.2, -0.15) is 9.94 Å². The minimum atomic E-state index is -0.695. The summed E-state index contributed by atoms with van der Waals surface area (Å²) in [6, 6.07) is 15.1. The molecule has 0 fully saturated rings. The molecule has 0 atom stereocenters. The molecule has 0 aliphatic heterocycles. The molecule has 1 heterocycles. The number of amides is 1. The van der Waals surface area contributed by atoms with Crippen molar-refractivity contribution in [2.24, 2.45) is 0 Å². The first kappa shape index (κ1) is 16.8. The number of carbonyl (C=O) groups is 2. The van der Waals surface area contributed by atoms with Crippen molar-refractivity contribution in [1.82, 2.24) is 20.2 Å². The largest absolute Gasteiger partial charge is 0.452 e. The number of nitrogens with one attached hydrogen (secondary N) is 1. The third-order valence-corrected chi connectivity index (χ3v) is 3.38. The molecule has 9 nitrogen and oxygen atoms in total. The minimum Gasteiger partial charge on any atom is -0.452 e. The molecule has 0 unspecified atom stereocenters. The molecule has 1 aromatic heterocycles. The summed E-state index contributed by atoms with van der Waals surface area (Å²) in [5.74, 6) is -1.25. The van der Waals surface area contributed by atoms with Crippen LogP contribution < -0.4 is 5.32 Å². The lowest BCUT2D eigenvalue weighted by atomic mass is 10.2. The molecule has 0 saturated heterocycles. The highest BCUT2D eigenvalue weighted by Crippen LogP contribution is 2.15. The molecule has 1 N–H and O–H groups in total. The number of aromatic nitrogens is 4. The zero-order valence-electron chi connectivity index (χ0n) is 13.4. The lowest BCUT2D eigenvalue weighted by Crippen LogP contribution is -2.22. The number of ether oxygens (including phenoxy) is 1. The summed E-state index contributed by atoms with van der Waals surface area (Å²) >= 11 is 0. The van der Waals surface area contributed by atoms with Gasteiger partial charge in [-0.25, -0.2) is 4.79 Å². The SMILES string of the molecule is N#Cc1ccccc1NC(=O)COC(=O)c1ccccc1-n1cnnn1. The molecule has 9 heteroatoms. The van der Waals surface area contributed by atoms with Crippen molar-refractivity contribution in [3.05, 3.63) is 66.0 Å². The van der Waals surface area contributed by atoms with E-state index in [1.54, 1.807) is 48.5 Å². The number of nitrogens with zero attached hydrogens (tertiary/aromatic N) is 5. The van der Waals surface area contributed by atoms with Crippen molar-refractivity contribution in [1.29, 1.82) is 5.26 Å². The van der Waals surface area contributed by atoms with Crippen LogP contribution in [-0.2, 0) is 9.53 Å². The number of tetrazole rings is 1. The topological polar surface area (TPSA) is 123 Å². The molecule has 0 radical (unpaired) electrons. The smallest absolute Gasteiger partial charge is 0.340 e. The van der Waals surface area contributed by atoms with E-state index in [-0.39, 0.29) is 5.56 Å². The van der Waals surface area contributed by atoms with Gasteiger partial charge < -0.3 is 10.1 Å². The third-order valence-electron chi connectivity index (χ3n) is 3.38. The van der Waals surface area contributed by atoms with Crippen molar-refractivity contribution in [2.45, 2.75) is 0 Å². The molecule has 0 bridgehead atoms. The molecule has 3 rings (SSSR count). The number of rotatable bonds is 5. The zero-order chi connectivity index (χ0) is 18.4. The molecule has 0 saturated carbocycles. The first-order valence-electron chi connectivity index (χ1n) is 7.47. The van der Waals surface area contributed by atoms with Gasteiger partial charge in [0, 0.05) is 0 Å². The zero-order valence-corrected chi connectivity index (χ0v) is 13.4. The maximum Gasteiger partial charge on any atom is 0.340 e. The van der Waals surface area contributed by atoms with E-state index in [2.05, 4.69) is 20.8 Å². The molecular weight excluding hydrogens is 336 g/mol. The second-order valence-electron chi connectivity index (χ2n) is 5.05. The molecule has 128 valence electrons. The van der Waals surface area contributed by atoms with Gasteiger partial charge >= 0.3 is 5.97 Å². The van der Waals surface area contributed by atoms with Crippen LogP contribution in [-0.4, -0.2) is 38.7 Å². The highest BCUT2D eigenvalue weighted by atomic mass is 16.5. The summed E-state index contributed by atoms with van der Waals surface area (Å²) in [4.78, 5) is 24.3. The highest BCUT2D eigenvalue weighted by Gasteiger charge is 2.16. The predicted octanol–water partition coefficient (Wildman–Crippen LogP) is 1.33. The van der Waals surface area contributed by atoms with Crippen LogP contribution in [0.15, 0.2) is 54.9 Å². The van der Waals surface area contributed by atoms with Crippen molar-refractivity contribution >= 4 is 17.6 Å². The quantitative estimate of drug-likeness (QED) is 0.690. The lowest BCUT2D eigenvalue weighted by molar-refractivity contribution is -0.119. The van der Waals surface area contributed by atoms with E-state index < -0.39 is 18.5 Å². The van der Waals surface area contributed by atoms with E-state index in [1.807, 2.05) is 6.07 Å². The van der Waals surface area contributed by atoms with E-state index in [1.165, 1.54) is 11.0 Å². The highest BCUT2D eigenvalue weighted by molar-refractivity contribution is 5.97. The van der Waals surface area contributed by atoms with Crippen LogP contribution in [0.2, 0.25) is 0 Å². The van der Waals surface area contributed by atoms with E-state index in [4.69, 9.17) is 10.00 Å². The van der Waals surface area contributed by atoms with Crippen LogP contribution in [0.1, 0.15) is 15.9 Å². The van der Waals surface area contributed by atoms with Crippen LogP contribution in [0.3, 0.4) is 0 Å². The van der Waals surface area contributed by atoms with E-state index in [0.717, 1.165) is 0 Å². The Morgan fingerprint density at radius 2 is 1.92 bits per heavy atom. The summed E-state index contributed by atoms with van der Waals surface area (Å²) < 4.78 is 6.38. The lowest BCUT2D eigenvalue weighted by Gasteiger charge is -2.09. The van der Waals surface area contributed by atoms with Gasteiger partial charge in [-0.15, -0.1) is 5.10 Å². The van der Waals surface area contributed by atoms with Gasteiger partial charge in [0.2, 0.25) is 0 Å². The van der Waals surface area contributed by atoms with Crippen LogP contribution >= 0.6 is 0 Å². The first-order chi connectivity index (χ1) is 12.7. The average molecular weight is 348 g/mol. The Morgan fingerprint density at radius 3 is 2.69 bits per heavy atom. The number of esters is 1. The Labute approximate surface area is 147 Å². The fraction of sp³-hybridized carbons (Fsp3) is 0.0588. The fourth-order valence-electron chi connectivity index (χ4n) is 2.20. The molecule has 3 aromatic rings. The third kappa shape index (κ3) is 3.70. The van der Waals surface area contributed by atoms with Gasteiger partial charge in [-0.1, -0.05) is 24.3 Å². The average Bonchev–Trinajstić information content (AvgIpc) is 3.21. The second-order valence-corrected chi connectivity index (χ2v) is 5.05. The van der Waals surface area contributed by atoms with E-state index in [9.17, 15) is 9.59 Å². The van der Waals surface area contributed by atoms with Gasteiger partial charge in [0.1, 0.15) is 12.4 Å². The van der Waals surface area contributed by atoms with Gasteiger partial charge in [0.25, 0.3) is 5.91 Å². The minimum absolute atomic E-state index is 0.213. The van der Waals surface area contributed by atoms with Crippen LogP contribution in [0.5, 0.6) is 0 Å². The van der Waals surface area contributed by atoms with Crippen molar-refractivity contribution in [3.63, 3.8) is 0 Å². The monoisotopic (exact) mass is 348 g/mol. The maximum atomic E-state index is 12.3. The van der Waals surface area contributed by atoms with Crippen LogP contribution in [0, 0.1) is 11.3 Å². The number of nitriles is 1. The summed E-state index contributed by atoms with van der Waals surface area (Å²) in [6.45, 7) is -0.497. The fourth-order valence-corrected chi connectivity index (χ4v) is 2.20. The molecule has 0 spiro atoms. The van der Waals surface area contributed by atoms with E-state index in [0.29, 0.717) is 16.9 Å². The van der Waals surface area contributed by atoms with Gasteiger partial charge in [-0.05, 0) is 34.7 Å². The summed E-state index contributed by atoms with van der Waals surface area (Å²) in [6.07, 6.45) is 1.34. The van der Waals surface area contributed by atoms with Gasteiger partial charge in [0.15, 0.2) is 6.61 Å². The number of carbonyl (C=O) groups excluding carboxylic acids is 2. The number of hydrogen-bond donors (Lipinski definition) is 1. The molecule has 26 heavy (non-hydrogen) atoms. The predicted molar refractivity (Wildman–Crippen MR) is 89.2 cm³/mol. The summed E-state index contributed by atoms with van der Waals surface area (Å²) in [5.41, 5.74) is 1.31. The van der Waals surface area contributed by atoms with Crippen molar-refractivity contribution in [3.8, 4) is 11.8 Å². The molecular formula is C17H12N6O3. The molecule has 0 aliphatic carbocycles. The number of benzene rings is 2. The van der Waals surface area contributed by atoms with Crippen molar-refractivity contribution in [2.75, 3.05) is 11.9 Å². The maximum absolute atomic E-state index is 12.3. The molecule has 1 amide bonds. The summed E-state index contributed by atoms with van der Waals surface area (Å²) in [7, 11) is 0. The number of hydrogen-bond acceptors (Lipinski definition) is 7. The Morgan fingerprint density at radius 1 is 1.15 bits per heavy atom. The Kier molecular flexibility index (Phi) is 4.95. The Balaban J connectivity index is 1.67. The number of anilines is 1. The standard InChI is InChI=1S/C17H12N6O3/c18-9-12-5-1-3-7-14(12)20-16(24)10-26-17(25)13-6-2-4-8-15(13)23-11-19-21-22-23/h1-8,11H,10H2,(H,20,24). The second kappa shape index (κ2) is 7.67. The number of para-hydroxylation sites is 2. The Hall–Kier alpha value is -4.06. The molecule has 2 aromatic carbocycles. The van der Waals surface area contributed by atoms with Gasteiger partial charge in [-0.3, -0.25) is 4.79 Å². The summed E-state index contributed by atoms with van der Waals surface area (Å²) in [5, 5.41) is 22.3. The molecule has 0 aliphatic rings. The normalized spacial score (nSPS) is 9.96. The van der Waals surface area contributed by atoms with Gasteiger partial charge in [0.05, 0.1) is 22.5 Å². The van der Waals surface area contributed by atoms with Crippen molar-refractivity contribution < 1.29 is 14.3 Å².